The van der Waals surface area contributed by atoms with Crippen LogP contribution in [0, 0.1) is 6.92 Å². The second kappa shape index (κ2) is 8.87. The van der Waals surface area contributed by atoms with Crippen LogP contribution in [-0.2, 0) is 16.3 Å². The Bertz CT molecular complexity index is 1120. The van der Waals surface area contributed by atoms with Gasteiger partial charge in [-0.15, -0.1) is 11.3 Å². The SMILES string of the molecule is Cc1ccc(S(=O)(=O)C2CCN(c3nc(Cc4cc(Cl)cc(Cl)c4)cs3)CC2)cc1. The molecule has 0 spiro atoms. The monoisotopic (exact) mass is 480 g/mol. The smallest absolute Gasteiger partial charge is 0.185 e. The number of hydrogen-bond donors (Lipinski definition) is 0. The Morgan fingerprint density at radius 2 is 1.70 bits per heavy atom. The van der Waals surface area contributed by atoms with E-state index in [0.717, 1.165) is 22.0 Å². The number of aromatic nitrogens is 1. The molecular formula is C22H22Cl2N2O2S2. The van der Waals surface area contributed by atoms with Gasteiger partial charge >= 0.3 is 0 Å². The Hall–Kier alpha value is -1.60. The third-order valence-corrected chi connectivity index (χ3v) is 9.01. The molecule has 4 rings (SSSR count). The third-order valence-electron chi connectivity index (χ3n) is 5.35. The molecule has 8 heteroatoms. The fourth-order valence-corrected chi connectivity index (χ4v) is 6.90. The molecule has 1 aliphatic rings. The molecule has 0 bridgehead atoms. The van der Waals surface area contributed by atoms with Crippen molar-refractivity contribution >= 4 is 49.5 Å². The van der Waals surface area contributed by atoms with Crippen molar-refractivity contribution in [2.45, 2.75) is 36.3 Å². The Morgan fingerprint density at radius 3 is 2.33 bits per heavy atom. The average Bonchev–Trinajstić information content (AvgIpc) is 3.16. The van der Waals surface area contributed by atoms with Crippen LogP contribution >= 0.6 is 34.5 Å². The second-order valence-corrected chi connectivity index (χ2v) is 11.6. The maximum absolute atomic E-state index is 13.0. The predicted octanol–water partition coefficient (Wildman–Crippen LogP) is 5.79. The van der Waals surface area contributed by atoms with Crippen molar-refractivity contribution < 1.29 is 8.42 Å². The fourth-order valence-electron chi connectivity index (χ4n) is 3.72. The van der Waals surface area contributed by atoms with E-state index in [1.165, 1.54) is 0 Å². The maximum atomic E-state index is 13.0. The molecule has 1 fully saturated rings. The molecule has 0 N–H and O–H groups in total. The van der Waals surface area contributed by atoms with Gasteiger partial charge in [-0.3, -0.25) is 0 Å². The van der Waals surface area contributed by atoms with Gasteiger partial charge in [-0.2, -0.15) is 0 Å². The van der Waals surface area contributed by atoms with E-state index in [-0.39, 0.29) is 5.25 Å². The predicted molar refractivity (Wildman–Crippen MR) is 125 cm³/mol. The van der Waals surface area contributed by atoms with Crippen LogP contribution in [0.2, 0.25) is 10.0 Å². The highest BCUT2D eigenvalue weighted by atomic mass is 35.5. The van der Waals surface area contributed by atoms with Crippen molar-refractivity contribution in [3.8, 4) is 0 Å². The lowest BCUT2D eigenvalue weighted by atomic mass is 10.1. The lowest BCUT2D eigenvalue weighted by molar-refractivity contribution is 0.529. The summed E-state index contributed by atoms with van der Waals surface area (Å²) in [6.45, 7) is 3.33. The molecule has 30 heavy (non-hydrogen) atoms. The topological polar surface area (TPSA) is 50.3 Å². The minimum Gasteiger partial charge on any atom is -0.348 e. The van der Waals surface area contributed by atoms with Gasteiger partial charge in [0.25, 0.3) is 0 Å². The van der Waals surface area contributed by atoms with Crippen LogP contribution in [0.25, 0.3) is 0 Å². The van der Waals surface area contributed by atoms with Crippen LogP contribution in [-0.4, -0.2) is 31.7 Å². The summed E-state index contributed by atoms with van der Waals surface area (Å²) in [6.07, 6.45) is 1.87. The Labute approximate surface area is 191 Å². The van der Waals surface area contributed by atoms with Crippen molar-refractivity contribution in [2.75, 3.05) is 18.0 Å². The van der Waals surface area contributed by atoms with E-state index in [1.807, 2.05) is 36.6 Å². The summed E-state index contributed by atoms with van der Waals surface area (Å²) in [5, 5.41) is 3.86. The van der Waals surface area contributed by atoms with Gasteiger partial charge in [-0.05, 0) is 55.7 Å². The standard InChI is InChI=1S/C22H22Cl2N2O2S2/c1-15-2-4-20(5-3-15)30(27,28)21-6-8-26(9-7-21)22-25-19(14-29-22)12-16-10-17(23)13-18(24)11-16/h2-5,10-11,13-14,21H,6-9,12H2,1H3. The number of anilines is 1. The number of piperidine rings is 1. The molecule has 1 aliphatic heterocycles. The summed E-state index contributed by atoms with van der Waals surface area (Å²) in [7, 11) is -3.30. The van der Waals surface area contributed by atoms with E-state index >= 15 is 0 Å². The zero-order valence-corrected chi connectivity index (χ0v) is 19.7. The van der Waals surface area contributed by atoms with E-state index in [9.17, 15) is 8.42 Å². The van der Waals surface area contributed by atoms with E-state index in [2.05, 4.69) is 4.90 Å². The van der Waals surface area contributed by atoms with Gasteiger partial charge in [-0.1, -0.05) is 40.9 Å². The molecule has 0 saturated carbocycles. The molecule has 0 amide bonds. The summed E-state index contributed by atoms with van der Waals surface area (Å²) < 4.78 is 25.9. The number of thiazole rings is 1. The van der Waals surface area contributed by atoms with E-state index in [4.69, 9.17) is 28.2 Å². The minimum absolute atomic E-state index is 0.343. The third kappa shape index (κ3) is 4.83. The van der Waals surface area contributed by atoms with Crippen molar-refractivity contribution in [3.05, 3.63) is 74.7 Å². The summed E-state index contributed by atoms with van der Waals surface area (Å²) >= 11 is 13.8. The fraction of sp³-hybridized carbons (Fsp3) is 0.318. The van der Waals surface area contributed by atoms with Crippen LogP contribution in [0.1, 0.15) is 29.7 Å². The number of halogens is 2. The quantitative estimate of drug-likeness (QED) is 0.463. The van der Waals surface area contributed by atoms with Gasteiger partial charge in [-0.25, -0.2) is 13.4 Å². The molecule has 3 aromatic rings. The van der Waals surface area contributed by atoms with E-state index < -0.39 is 9.84 Å². The zero-order chi connectivity index (χ0) is 21.3. The Morgan fingerprint density at radius 1 is 1.07 bits per heavy atom. The average molecular weight is 481 g/mol. The van der Waals surface area contributed by atoms with Crippen molar-refractivity contribution in [3.63, 3.8) is 0 Å². The summed E-state index contributed by atoms with van der Waals surface area (Å²) in [5.41, 5.74) is 3.04. The Balaban J connectivity index is 1.40. The molecule has 4 nitrogen and oxygen atoms in total. The first-order chi connectivity index (χ1) is 14.3. The van der Waals surface area contributed by atoms with E-state index in [1.54, 1.807) is 29.5 Å². The molecule has 0 atom stereocenters. The second-order valence-electron chi connectivity index (χ2n) is 7.62. The number of nitrogens with zero attached hydrogens (tertiary/aromatic N) is 2. The lowest BCUT2D eigenvalue weighted by Crippen LogP contribution is -2.39. The molecule has 0 radical (unpaired) electrons. The van der Waals surface area contributed by atoms with Crippen molar-refractivity contribution in [1.82, 2.24) is 4.98 Å². The lowest BCUT2D eigenvalue weighted by Gasteiger charge is -2.31. The molecule has 1 aromatic heterocycles. The molecule has 2 aromatic carbocycles. The summed E-state index contributed by atoms with van der Waals surface area (Å²) in [4.78, 5) is 7.35. The van der Waals surface area contributed by atoms with Gasteiger partial charge < -0.3 is 4.90 Å². The van der Waals surface area contributed by atoms with Crippen molar-refractivity contribution in [2.24, 2.45) is 0 Å². The molecule has 2 heterocycles. The first kappa shape index (κ1) is 21.6. The normalized spacial score (nSPS) is 15.5. The highest BCUT2D eigenvalue weighted by Gasteiger charge is 2.32. The van der Waals surface area contributed by atoms with Crippen LogP contribution < -0.4 is 4.90 Å². The number of rotatable bonds is 5. The minimum atomic E-state index is -3.30. The summed E-state index contributed by atoms with van der Waals surface area (Å²) in [6, 6.07) is 12.6. The molecule has 0 unspecified atom stereocenters. The first-order valence-corrected chi connectivity index (χ1v) is 12.9. The zero-order valence-electron chi connectivity index (χ0n) is 16.5. The molecule has 158 valence electrons. The first-order valence-electron chi connectivity index (χ1n) is 9.76. The molecule has 0 aliphatic carbocycles. The van der Waals surface area contributed by atoms with Crippen LogP contribution in [0.5, 0.6) is 0 Å². The van der Waals surface area contributed by atoms with Gasteiger partial charge in [0.15, 0.2) is 15.0 Å². The van der Waals surface area contributed by atoms with Gasteiger partial charge in [0, 0.05) is 34.9 Å². The van der Waals surface area contributed by atoms with Crippen LogP contribution in [0.15, 0.2) is 52.7 Å². The number of hydrogen-bond acceptors (Lipinski definition) is 5. The van der Waals surface area contributed by atoms with Crippen molar-refractivity contribution in [1.29, 1.82) is 0 Å². The maximum Gasteiger partial charge on any atom is 0.185 e. The largest absolute Gasteiger partial charge is 0.348 e. The van der Waals surface area contributed by atoms with Crippen LogP contribution in [0.3, 0.4) is 0 Å². The molecular weight excluding hydrogens is 459 g/mol. The number of sulfone groups is 1. The summed E-state index contributed by atoms with van der Waals surface area (Å²) in [5.74, 6) is 0. The highest BCUT2D eigenvalue weighted by Crippen LogP contribution is 2.30. The van der Waals surface area contributed by atoms with Crippen LogP contribution in [0.4, 0.5) is 5.13 Å². The highest BCUT2D eigenvalue weighted by molar-refractivity contribution is 7.92. The van der Waals surface area contributed by atoms with Gasteiger partial charge in [0.05, 0.1) is 15.8 Å². The number of aryl methyl sites for hydroxylation is 1. The Kier molecular flexibility index (Phi) is 6.39. The van der Waals surface area contributed by atoms with Gasteiger partial charge in [0.1, 0.15) is 0 Å². The number of benzene rings is 2. The van der Waals surface area contributed by atoms with Gasteiger partial charge in [0.2, 0.25) is 0 Å². The molecule has 1 saturated heterocycles. The van der Waals surface area contributed by atoms with E-state index in [0.29, 0.717) is 47.3 Å².